The first kappa shape index (κ1) is 46.9. The molecule has 3 saturated heterocycles. The molecule has 7 aromatic carbocycles. The van der Waals surface area contributed by atoms with Crippen LogP contribution in [0.25, 0.3) is 0 Å². The number of hydrogen-bond acceptors (Lipinski definition) is 12. The first-order valence-electron chi connectivity index (χ1n) is 21.5. The maximum atomic E-state index is 8.12. The third-order valence-electron chi connectivity index (χ3n) is 11.0. The van der Waals surface area contributed by atoms with Crippen molar-refractivity contribution in [1.82, 2.24) is 0 Å². The van der Waals surface area contributed by atoms with Crippen LogP contribution in [-0.4, -0.2) is 90.9 Å². The van der Waals surface area contributed by atoms with Gasteiger partial charge < -0.3 is 49.4 Å². The second-order valence-electron chi connectivity index (χ2n) is 15.3. The van der Waals surface area contributed by atoms with E-state index < -0.39 is 61.6 Å². The Kier molecular flexibility index (Phi) is 13.7. The molecule has 3 heterocycles. The molecular formula is C45H44O12Si10. The van der Waals surface area contributed by atoms with Crippen LogP contribution in [0.2, 0.25) is 19.6 Å². The van der Waals surface area contributed by atoms with Crippen LogP contribution in [0.3, 0.4) is 0 Å². The van der Waals surface area contributed by atoms with Crippen molar-refractivity contribution in [2.24, 2.45) is 0 Å². The van der Waals surface area contributed by atoms with Crippen LogP contribution in [0, 0.1) is 0 Å². The minimum absolute atomic E-state index is 0.150. The largest absolute Gasteiger partial charge is 0.515 e. The smallest absolute Gasteiger partial charge is 0.413 e. The Morgan fingerprint density at radius 2 is 0.403 bits per heavy atom. The van der Waals surface area contributed by atoms with Gasteiger partial charge in [-0.3, -0.25) is 0 Å². The fourth-order valence-electron chi connectivity index (χ4n) is 8.17. The standard InChI is InChI=1S/C45H44O12Si10/c1-58-46-61(39-25-11-4-12-26-39)49-64(42-31-17-7-18-32-42)51-62(47-59-2,40-27-13-5-14-28-40)53-66(44-35-21-9-22-36-44)54-63(48-60-3,41-29-15-6-16-30-41)52-65(50-61,43-33-19-8-20-34-43)56-67(55-64,57-66)45-37-23-10-24-38-45/h4-38H,1-3H3. The maximum Gasteiger partial charge on any atom is 0.515 e. The summed E-state index contributed by atoms with van der Waals surface area (Å²) >= 11 is 0. The van der Waals surface area contributed by atoms with Gasteiger partial charge in [-0.15, -0.1) is 0 Å². The normalized spacial score (nSPS) is 30.6. The fourth-order valence-corrected chi connectivity index (χ4v) is 49.6. The molecule has 0 saturated carbocycles. The molecule has 0 unspecified atom stereocenters. The molecule has 0 N–H and O–H groups in total. The van der Waals surface area contributed by atoms with E-state index in [4.69, 9.17) is 49.4 Å². The summed E-state index contributed by atoms with van der Waals surface area (Å²) in [5.41, 5.74) is 0. The molecule has 3 fully saturated rings. The molecule has 3 aliphatic rings. The quantitative estimate of drug-likeness (QED) is 0.159. The molecule has 0 atom stereocenters. The van der Waals surface area contributed by atoms with Gasteiger partial charge in [-0.2, -0.15) is 0 Å². The Morgan fingerprint density at radius 1 is 0.239 bits per heavy atom. The second kappa shape index (κ2) is 19.6. The van der Waals surface area contributed by atoms with Crippen molar-refractivity contribution >= 4 is 127 Å². The van der Waals surface area contributed by atoms with Crippen LogP contribution in [0.5, 0.6) is 0 Å². The molecule has 7 aromatic rings. The number of benzene rings is 7. The molecule has 3 aliphatic heterocycles. The molecule has 0 amide bonds. The van der Waals surface area contributed by atoms with E-state index in [1.165, 1.54) is 0 Å². The lowest BCUT2D eigenvalue weighted by Gasteiger charge is -2.58. The van der Waals surface area contributed by atoms with Gasteiger partial charge in [-0.1, -0.05) is 212 Å². The minimum Gasteiger partial charge on any atom is -0.413 e. The van der Waals surface area contributed by atoms with Crippen molar-refractivity contribution in [1.29, 1.82) is 0 Å². The summed E-state index contributed by atoms with van der Waals surface area (Å²) in [7, 11) is -32.8. The number of fused-ring (bicyclic) bond motifs is 3. The van der Waals surface area contributed by atoms with Crippen molar-refractivity contribution < 1.29 is 49.4 Å². The third-order valence-corrected chi connectivity index (χ3v) is 43.3. The SMILES string of the molecule is C[Si]O[Si]1(c2ccccc2)O[Si]2(c3ccccc3)O[Si](O[Si]C)(c3ccccc3)O[Si]3(c4ccccc4)O[Si](O[Si]C)(c4ccccc4)O[Si](c4ccccc4)(O1)O[Si](c1ccccc1)(O2)O3. The topological polar surface area (TPSA) is 111 Å². The lowest BCUT2D eigenvalue weighted by Crippen LogP contribution is -2.91. The van der Waals surface area contributed by atoms with Crippen molar-refractivity contribution in [2.45, 2.75) is 19.6 Å². The molecule has 6 radical (unpaired) electrons. The van der Waals surface area contributed by atoms with E-state index in [-0.39, 0.29) is 29.3 Å². The van der Waals surface area contributed by atoms with E-state index in [9.17, 15) is 0 Å². The monoisotopic (exact) mass is 1060 g/mol. The van der Waals surface area contributed by atoms with Crippen molar-refractivity contribution in [3.63, 3.8) is 0 Å². The highest BCUT2D eigenvalue weighted by atomic mass is 28.6. The summed E-state index contributed by atoms with van der Waals surface area (Å²) in [4.78, 5) is 0. The zero-order valence-corrected chi connectivity index (χ0v) is 46.6. The predicted octanol–water partition coefficient (Wildman–Crippen LogP) is 3.15. The van der Waals surface area contributed by atoms with E-state index in [2.05, 4.69) is 0 Å². The molecule has 0 spiro atoms. The van der Waals surface area contributed by atoms with Crippen LogP contribution in [0.4, 0.5) is 0 Å². The Morgan fingerprint density at radius 3 is 0.582 bits per heavy atom. The van der Waals surface area contributed by atoms with Crippen LogP contribution in [0.1, 0.15) is 0 Å². The molecule has 67 heavy (non-hydrogen) atoms. The molecule has 336 valence electrons. The zero-order valence-electron chi connectivity index (χ0n) is 36.6. The van der Waals surface area contributed by atoms with Crippen LogP contribution in [-0.2, 0) is 49.4 Å². The highest BCUT2D eigenvalue weighted by Crippen LogP contribution is 2.43. The Balaban J connectivity index is 1.42. The van der Waals surface area contributed by atoms with Crippen molar-refractivity contribution in [3.05, 3.63) is 212 Å². The molecule has 0 aliphatic carbocycles. The van der Waals surface area contributed by atoms with Gasteiger partial charge in [-0.05, 0) is 19.6 Å². The summed E-state index contributed by atoms with van der Waals surface area (Å²) in [6.45, 7) is 5.80. The molecule has 12 nitrogen and oxygen atoms in total. The highest BCUT2D eigenvalue weighted by Gasteiger charge is 2.80. The highest BCUT2D eigenvalue weighted by molar-refractivity contribution is 7.10. The van der Waals surface area contributed by atoms with Gasteiger partial charge in [0.1, 0.15) is 0 Å². The maximum absolute atomic E-state index is 8.12. The van der Waals surface area contributed by atoms with Gasteiger partial charge in [-0.25, -0.2) is 0 Å². The lowest BCUT2D eigenvalue weighted by molar-refractivity contribution is 0.0404. The van der Waals surface area contributed by atoms with Gasteiger partial charge in [0.2, 0.25) is 29.3 Å². The summed E-state index contributed by atoms with van der Waals surface area (Å²) in [6.07, 6.45) is 0. The van der Waals surface area contributed by atoms with E-state index in [1.807, 2.05) is 232 Å². The van der Waals surface area contributed by atoms with Gasteiger partial charge in [0, 0.05) is 36.3 Å². The third kappa shape index (κ3) is 8.79. The van der Waals surface area contributed by atoms with E-state index >= 15 is 0 Å². The van der Waals surface area contributed by atoms with E-state index in [0.717, 1.165) is 0 Å². The number of hydrogen-bond donors (Lipinski definition) is 0. The van der Waals surface area contributed by atoms with E-state index in [1.54, 1.807) is 0 Å². The summed E-state index contributed by atoms with van der Waals surface area (Å²) in [6, 6.07) is 67.6. The van der Waals surface area contributed by atoms with Crippen LogP contribution < -0.4 is 36.3 Å². The average Bonchev–Trinajstić information content (AvgIpc) is 3.37. The van der Waals surface area contributed by atoms with Crippen LogP contribution >= 0.6 is 0 Å². The lowest BCUT2D eigenvalue weighted by atomic mass is 10.4. The Hall–Kier alpha value is -3.77. The van der Waals surface area contributed by atoms with Gasteiger partial charge in [0.15, 0.2) is 0 Å². The molecule has 0 aromatic heterocycles. The molecule has 4 bridgehead atoms. The zero-order chi connectivity index (χ0) is 45.9. The molecule has 10 rings (SSSR count). The molecular weight excluding hydrogens is 1010 g/mol. The van der Waals surface area contributed by atoms with E-state index in [0.29, 0.717) is 36.3 Å². The Labute approximate surface area is 406 Å². The predicted molar refractivity (Wildman–Crippen MR) is 271 cm³/mol. The van der Waals surface area contributed by atoms with Gasteiger partial charge in [0.25, 0.3) is 0 Å². The first-order chi connectivity index (χ1) is 32.8. The second-order valence-corrected chi connectivity index (χ2v) is 38.1. The fraction of sp³-hybridized carbons (Fsp3) is 0.0667. The van der Waals surface area contributed by atoms with Crippen molar-refractivity contribution in [2.75, 3.05) is 0 Å². The first-order valence-corrected chi connectivity index (χ1v) is 37.8. The van der Waals surface area contributed by atoms with Crippen LogP contribution in [0.15, 0.2) is 212 Å². The summed E-state index contributed by atoms with van der Waals surface area (Å²) < 4.78 is 94.0. The Bertz CT molecular complexity index is 2430. The van der Waals surface area contributed by atoms with Crippen molar-refractivity contribution in [3.8, 4) is 0 Å². The molecule has 22 heteroatoms. The van der Waals surface area contributed by atoms with Gasteiger partial charge >= 0.3 is 61.6 Å². The summed E-state index contributed by atoms with van der Waals surface area (Å²) in [5.74, 6) is 0. The average molecular weight is 1060 g/mol. The minimum atomic E-state index is -4.75. The summed E-state index contributed by atoms with van der Waals surface area (Å²) in [5, 5.41) is 4.19. The number of rotatable bonds is 13. The van der Waals surface area contributed by atoms with Gasteiger partial charge in [0.05, 0.1) is 0 Å².